The molecule has 3 amide bonds. The Hall–Kier alpha value is -3.15. The lowest BCUT2D eigenvalue weighted by Crippen LogP contribution is -2.49. The van der Waals surface area contributed by atoms with Gasteiger partial charge in [-0.05, 0) is 29.5 Å². The molecule has 1 fully saturated rings. The first-order chi connectivity index (χ1) is 12.1. The minimum Gasteiger partial charge on any atom is -0.345 e. The summed E-state index contributed by atoms with van der Waals surface area (Å²) in [6, 6.07) is 17.6. The van der Waals surface area contributed by atoms with Gasteiger partial charge in [-0.15, -0.1) is 0 Å². The van der Waals surface area contributed by atoms with Crippen molar-refractivity contribution in [2.75, 3.05) is 0 Å². The molecule has 2 aromatic rings. The molecule has 0 atom stereocenters. The Balaban J connectivity index is 1.47. The smallest absolute Gasteiger partial charge is 0.327 e. The normalized spacial score (nSPS) is 13.0. The highest BCUT2D eigenvalue weighted by atomic mass is 16.2. The van der Waals surface area contributed by atoms with Crippen LogP contribution in [-0.4, -0.2) is 23.8 Å². The molecule has 25 heavy (non-hydrogen) atoms. The van der Waals surface area contributed by atoms with Crippen molar-refractivity contribution in [2.24, 2.45) is 0 Å². The van der Waals surface area contributed by atoms with Gasteiger partial charge in [-0.1, -0.05) is 54.6 Å². The first-order valence-corrected chi connectivity index (χ1v) is 8.16. The van der Waals surface area contributed by atoms with Gasteiger partial charge in [-0.2, -0.15) is 0 Å². The van der Waals surface area contributed by atoms with E-state index < -0.39 is 11.8 Å². The van der Waals surface area contributed by atoms with Crippen molar-refractivity contribution >= 4 is 17.7 Å². The number of rotatable bonds is 4. The van der Waals surface area contributed by atoms with Crippen molar-refractivity contribution in [2.45, 2.75) is 25.3 Å². The van der Waals surface area contributed by atoms with E-state index in [-0.39, 0.29) is 18.4 Å². The largest absolute Gasteiger partial charge is 0.345 e. The molecule has 128 valence electrons. The van der Waals surface area contributed by atoms with Crippen LogP contribution < -0.4 is 16.2 Å². The van der Waals surface area contributed by atoms with Crippen LogP contribution in [0.2, 0.25) is 0 Å². The molecule has 0 radical (unpaired) electrons. The molecule has 0 spiro atoms. The summed E-state index contributed by atoms with van der Waals surface area (Å²) in [5.41, 5.74) is 7.36. The third kappa shape index (κ3) is 4.91. The van der Waals surface area contributed by atoms with Gasteiger partial charge in [0.05, 0.1) is 6.42 Å². The molecule has 0 heterocycles. The Morgan fingerprint density at radius 3 is 2.08 bits per heavy atom. The summed E-state index contributed by atoms with van der Waals surface area (Å²) < 4.78 is 0. The Bertz CT molecular complexity index is 768. The summed E-state index contributed by atoms with van der Waals surface area (Å²) in [4.78, 5) is 34.9. The van der Waals surface area contributed by atoms with Crippen molar-refractivity contribution in [1.82, 2.24) is 16.2 Å². The fourth-order valence-corrected chi connectivity index (χ4v) is 2.34. The van der Waals surface area contributed by atoms with E-state index in [1.807, 2.05) is 54.6 Å². The summed E-state index contributed by atoms with van der Waals surface area (Å²) in [6.07, 6.45) is 1.90. The number of carbonyl (C=O) groups excluding carboxylic acids is 3. The maximum atomic E-state index is 11.9. The molecular weight excluding hydrogens is 318 g/mol. The van der Waals surface area contributed by atoms with Gasteiger partial charge in [0.1, 0.15) is 0 Å². The number of amides is 3. The van der Waals surface area contributed by atoms with Crippen LogP contribution in [0.5, 0.6) is 0 Å². The molecule has 2 aromatic carbocycles. The minimum absolute atomic E-state index is 0.0945. The van der Waals surface area contributed by atoms with Crippen molar-refractivity contribution in [3.05, 3.63) is 60.2 Å². The Kier molecular flexibility index (Phi) is 5.09. The third-order valence-corrected chi connectivity index (χ3v) is 3.86. The molecule has 6 heteroatoms. The summed E-state index contributed by atoms with van der Waals surface area (Å²) in [5, 5.41) is 2.55. The van der Waals surface area contributed by atoms with Gasteiger partial charge < -0.3 is 5.32 Å². The van der Waals surface area contributed by atoms with E-state index >= 15 is 0 Å². The lowest BCUT2D eigenvalue weighted by atomic mass is 10.0. The predicted octanol–water partition coefficient (Wildman–Crippen LogP) is 1.32. The highest BCUT2D eigenvalue weighted by Crippen LogP contribution is 2.19. The number of hydrogen-bond donors (Lipinski definition) is 3. The third-order valence-electron chi connectivity index (χ3n) is 3.86. The number of nitrogens with one attached hydrogen (secondary N) is 3. The zero-order valence-electron chi connectivity index (χ0n) is 13.6. The highest BCUT2D eigenvalue weighted by molar-refractivity contribution is 6.35. The maximum absolute atomic E-state index is 11.9. The van der Waals surface area contributed by atoms with Crippen LogP contribution in [0.1, 0.15) is 18.4 Å². The molecule has 1 aliphatic carbocycles. The lowest BCUT2D eigenvalue weighted by Gasteiger charge is -2.08. The van der Waals surface area contributed by atoms with E-state index in [0.29, 0.717) is 0 Å². The molecular formula is C19H19N3O3. The van der Waals surface area contributed by atoms with Gasteiger partial charge in [0.25, 0.3) is 0 Å². The SMILES string of the molecule is O=C(Cc1ccc(-c2ccccc2)cc1)NNC(=O)C(=O)NC1CC1. The molecule has 1 aliphatic rings. The van der Waals surface area contributed by atoms with E-state index in [1.165, 1.54) is 0 Å². The number of carbonyl (C=O) groups is 3. The zero-order valence-corrected chi connectivity index (χ0v) is 13.6. The molecule has 0 saturated heterocycles. The van der Waals surface area contributed by atoms with Gasteiger partial charge in [0.2, 0.25) is 5.91 Å². The molecule has 3 rings (SSSR count). The van der Waals surface area contributed by atoms with E-state index in [1.54, 1.807) is 0 Å². The molecule has 0 unspecified atom stereocenters. The minimum atomic E-state index is -0.861. The van der Waals surface area contributed by atoms with E-state index in [9.17, 15) is 14.4 Å². The maximum Gasteiger partial charge on any atom is 0.327 e. The first kappa shape index (κ1) is 16.7. The van der Waals surface area contributed by atoms with Crippen LogP contribution in [0, 0.1) is 0 Å². The van der Waals surface area contributed by atoms with E-state index in [4.69, 9.17) is 0 Å². The van der Waals surface area contributed by atoms with Gasteiger partial charge >= 0.3 is 11.8 Å². The zero-order chi connectivity index (χ0) is 17.6. The van der Waals surface area contributed by atoms with Gasteiger partial charge in [0.15, 0.2) is 0 Å². The second-order valence-electron chi connectivity index (χ2n) is 5.99. The summed E-state index contributed by atoms with van der Waals surface area (Å²) in [7, 11) is 0. The van der Waals surface area contributed by atoms with Crippen molar-refractivity contribution in [1.29, 1.82) is 0 Å². The quantitative estimate of drug-likeness (QED) is 0.581. The number of hydrazine groups is 1. The monoisotopic (exact) mass is 337 g/mol. The molecule has 3 N–H and O–H groups in total. The Morgan fingerprint density at radius 1 is 0.800 bits per heavy atom. The second-order valence-corrected chi connectivity index (χ2v) is 5.99. The van der Waals surface area contributed by atoms with Gasteiger partial charge in [0, 0.05) is 6.04 Å². The van der Waals surface area contributed by atoms with Crippen LogP contribution in [0.4, 0.5) is 0 Å². The average Bonchev–Trinajstić information content (AvgIpc) is 3.45. The van der Waals surface area contributed by atoms with Crippen LogP contribution in [0.15, 0.2) is 54.6 Å². The number of benzene rings is 2. The van der Waals surface area contributed by atoms with E-state index in [0.717, 1.165) is 29.5 Å². The molecule has 0 bridgehead atoms. The predicted molar refractivity (Wildman–Crippen MR) is 93.0 cm³/mol. The summed E-state index contributed by atoms with van der Waals surface area (Å²) in [6.45, 7) is 0. The summed E-state index contributed by atoms with van der Waals surface area (Å²) >= 11 is 0. The standard InChI is InChI=1S/C19H19N3O3/c23-17(21-22-19(25)18(24)20-16-10-11-16)12-13-6-8-15(9-7-13)14-4-2-1-3-5-14/h1-9,16H,10-12H2,(H,20,24)(H,21,23)(H,22,25). The average molecular weight is 337 g/mol. The van der Waals surface area contributed by atoms with Crippen LogP contribution in [0.25, 0.3) is 11.1 Å². The lowest BCUT2D eigenvalue weighted by molar-refractivity contribution is -0.140. The van der Waals surface area contributed by atoms with Crippen molar-refractivity contribution in [3.63, 3.8) is 0 Å². The first-order valence-electron chi connectivity index (χ1n) is 8.16. The van der Waals surface area contributed by atoms with Gasteiger partial charge in [-0.3, -0.25) is 25.2 Å². The van der Waals surface area contributed by atoms with Crippen molar-refractivity contribution < 1.29 is 14.4 Å². The topological polar surface area (TPSA) is 87.3 Å². The Morgan fingerprint density at radius 2 is 1.44 bits per heavy atom. The molecule has 1 saturated carbocycles. The van der Waals surface area contributed by atoms with Crippen LogP contribution in [-0.2, 0) is 20.8 Å². The fourth-order valence-electron chi connectivity index (χ4n) is 2.34. The molecule has 0 aliphatic heterocycles. The van der Waals surface area contributed by atoms with Gasteiger partial charge in [-0.25, -0.2) is 0 Å². The van der Waals surface area contributed by atoms with E-state index in [2.05, 4.69) is 16.2 Å². The van der Waals surface area contributed by atoms with Crippen LogP contribution in [0.3, 0.4) is 0 Å². The summed E-state index contributed by atoms with van der Waals surface area (Å²) in [5.74, 6) is -1.98. The highest BCUT2D eigenvalue weighted by Gasteiger charge is 2.26. The second kappa shape index (κ2) is 7.61. The Labute approximate surface area is 145 Å². The molecule has 0 aromatic heterocycles. The molecule has 6 nitrogen and oxygen atoms in total. The van der Waals surface area contributed by atoms with Crippen LogP contribution >= 0.6 is 0 Å². The van der Waals surface area contributed by atoms with Crippen molar-refractivity contribution in [3.8, 4) is 11.1 Å². The fraction of sp³-hybridized carbons (Fsp3) is 0.211. The number of hydrogen-bond acceptors (Lipinski definition) is 3.